The first-order valence-electron chi connectivity index (χ1n) is 12.0. The summed E-state index contributed by atoms with van der Waals surface area (Å²) in [6, 6.07) is 13.6. The standard InChI is InChI=1S/C26H29FN6O2/c1-32(20-6-4-3-5-7-20)24(22-15-18-14-21(35-2)12-13-23(18)28-26(22)34)25-29-30-31-33(25)16-17-8-10-19(27)11-9-17/h8-15,20,24H,3-7,16H2,1-2H3,(H,28,34)/t24-/m0/s1. The van der Waals surface area contributed by atoms with Crippen LogP contribution in [-0.4, -0.2) is 50.3 Å². The molecule has 9 heteroatoms. The summed E-state index contributed by atoms with van der Waals surface area (Å²) < 4.78 is 20.5. The van der Waals surface area contributed by atoms with E-state index in [-0.39, 0.29) is 11.4 Å². The molecule has 0 bridgehead atoms. The van der Waals surface area contributed by atoms with E-state index < -0.39 is 6.04 Å². The number of aromatic nitrogens is 5. The van der Waals surface area contributed by atoms with Gasteiger partial charge in [0.05, 0.1) is 13.7 Å². The van der Waals surface area contributed by atoms with Gasteiger partial charge in [0.15, 0.2) is 5.82 Å². The summed E-state index contributed by atoms with van der Waals surface area (Å²) in [5.41, 5.74) is 2.02. The Hall–Kier alpha value is -3.59. The molecule has 182 valence electrons. The highest BCUT2D eigenvalue weighted by Crippen LogP contribution is 2.32. The van der Waals surface area contributed by atoms with Crippen LogP contribution in [0.5, 0.6) is 5.75 Å². The molecular formula is C26H29FN6O2. The van der Waals surface area contributed by atoms with Crippen LogP contribution in [0.15, 0.2) is 53.3 Å². The zero-order valence-corrected chi connectivity index (χ0v) is 19.9. The Bertz CT molecular complexity index is 1360. The molecule has 0 spiro atoms. The Morgan fingerprint density at radius 3 is 2.66 bits per heavy atom. The first-order chi connectivity index (χ1) is 17.0. The van der Waals surface area contributed by atoms with Crippen molar-refractivity contribution in [3.63, 3.8) is 0 Å². The van der Waals surface area contributed by atoms with Crippen molar-refractivity contribution in [1.82, 2.24) is 30.1 Å². The molecule has 1 N–H and O–H groups in total. The van der Waals surface area contributed by atoms with Gasteiger partial charge in [0.1, 0.15) is 17.6 Å². The van der Waals surface area contributed by atoms with Gasteiger partial charge in [0.2, 0.25) is 0 Å². The van der Waals surface area contributed by atoms with Gasteiger partial charge in [-0.2, -0.15) is 0 Å². The van der Waals surface area contributed by atoms with Crippen molar-refractivity contribution in [1.29, 1.82) is 0 Å². The second-order valence-corrected chi connectivity index (χ2v) is 9.19. The van der Waals surface area contributed by atoms with E-state index in [1.807, 2.05) is 31.3 Å². The molecule has 0 unspecified atom stereocenters. The molecule has 0 saturated heterocycles. The number of hydrogen-bond acceptors (Lipinski definition) is 6. The van der Waals surface area contributed by atoms with Gasteiger partial charge in [-0.25, -0.2) is 9.07 Å². The zero-order valence-electron chi connectivity index (χ0n) is 19.9. The smallest absolute Gasteiger partial charge is 0.253 e. The second-order valence-electron chi connectivity index (χ2n) is 9.19. The normalized spacial score (nSPS) is 15.5. The molecule has 2 aromatic carbocycles. The SMILES string of the molecule is COc1ccc2[nH]c(=O)c([C@@H](c3nnnn3Cc3ccc(F)cc3)N(C)C3CCCCC3)cc2c1. The Morgan fingerprint density at radius 2 is 1.91 bits per heavy atom. The third kappa shape index (κ3) is 4.81. The van der Waals surface area contributed by atoms with E-state index in [1.54, 1.807) is 23.9 Å². The second kappa shape index (κ2) is 9.95. The summed E-state index contributed by atoms with van der Waals surface area (Å²) in [6.45, 7) is 0.372. The maximum Gasteiger partial charge on any atom is 0.253 e. The lowest BCUT2D eigenvalue weighted by atomic mass is 9.92. The number of benzene rings is 2. The summed E-state index contributed by atoms with van der Waals surface area (Å²) in [5.74, 6) is 1.00. The average molecular weight is 477 g/mol. The minimum atomic E-state index is -0.451. The van der Waals surface area contributed by atoms with E-state index >= 15 is 0 Å². The highest BCUT2D eigenvalue weighted by atomic mass is 19.1. The topological polar surface area (TPSA) is 88.9 Å². The summed E-state index contributed by atoms with van der Waals surface area (Å²) >= 11 is 0. The monoisotopic (exact) mass is 476 g/mol. The third-order valence-electron chi connectivity index (χ3n) is 6.98. The molecule has 0 radical (unpaired) electrons. The van der Waals surface area contributed by atoms with E-state index in [0.29, 0.717) is 29.7 Å². The number of hydrogen-bond donors (Lipinski definition) is 1. The predicted molar refractivity (Wildman–Crippen MR) is 131 cm³/mol. The molecule has 35 heavy (non-hydrogen) atoms. The number of H-pyrrole nitrogens is 1. The molecule has 1 fully saturated rings. The maximum absolute atomic E-state index is 13.4. The number of nitrogens with one attached hydrogen (secondary N) is 1. The van der Waals surface area contributed by atoms with E-state index in [4.69, 9.17) is 4.74 Å². The Labute approximate surface area is 202 Å². The van der Waals surface area contributed by atoms with Crippen molar-refractivity contribution in [2.45, 2.75) is 50.7 Å². The van der Waals surface area contributed by atoms with Crippen LogP contribution >= 0.6 is 0 Å². The number of halogens is 1. The van der Waals surface area contributed by atoms with Crippen LogP contribution in [0.1, 0.15) is 55.1 Å². The summed E-state index contributed by atoms with van der Waals surface area (Å²) in [6.07, 6.45) is 5.67. The predicted octanol–water partition coefficient (Wildman–Crippen LogP) is 4.06. The fourth-order valence-electron chi connectivity index (χ4n) is 5.05. The number of tetrazole rings is 1. The third-order valence-corrected chi connectivity index (χ3v) is 6.98. The number of methoxy groups -OCH3 is 1. The van der Waals surface area contributed by atoms with Crippen LogP contribution in [-0.2, 0) is 6.54 Å². The first-order valence-corrected chi connectivity index (χ1v) is 12.0. The minimum Gasteiger partial charge on any atom is -0.497 e. The Kier molecular flexibility index (Phi) is 6.59. The van der Waals surface area contributed by atoms with Crippen molar-refractivity contribution >= 4 is 10.9 Å². The van der Waals surface area contributed by atoms with Gasteiger partial charge >= 0.3 is 0 Å². The van der Waals surface area contributed by atoms with E-state index in [1.165, 1.54) is 18.6 Å². The molecule has 2 aromatic heterocycles. The first kappa shape index (κ1) is 23.2. The lowest BCUT2D eigenvalue weighted by Gasteiger charge is -2.36. The molecule has 1 atom stereocenters. The van der Waals surface area contributed by atoms with Gasteiger partial charge in [-0.3, -0.25) is 9.69 Å². The fourth-order valence-corrected chi connectivity index (χ4v) is 5.05. The number of pyridine rings is 1. The molecule has 1 saturated carbocycles. The lowest BCUT2D eigenvalue weighted by molar-refractivity contribution is 0.149. The largest absolute Gasteiger partial charge is 0.497 e. The molecule has 1 aliphatic rings. The summed E-state index contributed by atoms with van der Waals surface area (Å²) in [7, 11) is 3.67. The van der Waals surface area contributed by atoms with E-state index in [9.17, 15) is 9.18 Å². The lowest BCUT2D eigenvalue weighted by Crippen LogP contribution is -2.40. The van der Waals surface area contributed by atoms with Crippen LogP contribution in [0, 0.1) is 5.82 Å². The van der Waals surface area contributed by atoms with Crippen LogP contribution in [0.25, 0.3) is 10.9 Å². The van der Waals surface area contributed by atoms with Crippen LogP contribution in [0.2, 0.25) is 0 Å². The van der Waals surface area contributed by atoms with E-state index in [2.05, 4.69) is 25.4 Å². The maximum atomic E-state index is 13.4. The highest BCUT2D eigenvalue weighted by molar-refractivity contribution is 5.80. The zero-order chi connectivity index (χ0) is 24.4. The van der Waals surface area contributed by atoms with Crippen molar-refractivity contribution in [2.24, 2.45) is 0 Å². The van der Waals surface area contributed by atoms with Gasteiger partial charge in [0, 0.05) is 22.5 Å². The van der Waals surface area contributed by atoms with Crippen LogP contribution in [0.4, 0.5) is 4.39 Å². The van der Waals surface area contributed by atoms with Gasteiger partial charge < -0.3 is 9.72 Å². The molecule has 0 amide bonds. The Balaban J connectivity index is 1.61. The summed E-state index contributed by atoms with van der Waals surface area (Å²) in [5, 5.41) is 13.4. The van der Waals surface area contributed by atoms with Crippen LogP contribution in [0.3, 0.4) is 0 Å². The molecule has 0 aliphatic heterocycles. The quantitative estimate of drug-likeness (QED) is 0.433. The highest BCUT2D eigenvalue weighted by Gasteiger charge is 2.33. The number of fused-ring (bicyclic) bond motifs is 1. The minimum absolute atomic E-state index is 0.174. The van der Waals surface area contributed by atoms with Gasteiger partial charge in [-0.1, -0.05) is 31.4 Å². The number of rotatable bonds is 7. The molecule has 5 rings (SSSR count). The molecular weight excluding hydrogens is 447 g/mol. The average Bonchev–Trinajstić information content (AvgIpc) is 3.33. The fraction of sp³-hybridized carbons (Fsp3) is 0.385. The number of ether oxygens (including phenoxy) is 1. The van der Waals surface area contributed by atoms with Crippen molar-refractivity contribution in [3.05, 3.63) is 81.7 Å². The Morgan fingerprint density at radius 1 is 1.14 bits per heavy atom. The molecule has 1 aliphatic carbocycles. The van der Waals surface area contributed by atoms with Crippen molar-refractivity contribution in [3.8, 4) is 5.75 Å². The van der Waals surface area contributed by atoms with Crippen LogP contribution < -0.4 is 10.3 Å². The van der Waals surface area contributed by atoms with Gasteiger partial charge in [-0.05, 0) is 72.3 Å². The number of aromatic amines is 1. The van der Waals surface area contributed by atoms with E-state index in [0.717, 1.165) is 42.1 Å². The molecule has 2 heterocycles. The number of nitrogens with zero attached hydrogens (tertiary/aromatic N) is 5. The molecule has 4 aromatic rings. The van der Waals surface area contributed by atoms with Gasteiger partial charge in [0.25, 0.3) is 5.56 Å². The summed E-state index contributed by atoms with van der Waals surface area (Å²) in [4.78, 5) is 18.7. The molecule has 8 nitrogen and oxygen atoms in total. The van der Waals surface area contributed by atoms with Crippen molar-refractivity contribution < 1.29 is 9.13 Å². The van der Waals surface area contributed by atoms with Gasteiger partial charge in [-0.15, -0.1) is 5.10 Å². The van der Waals surface area contributed by atoms with Crippen molar-refractivity contribution in [2.75, 3.05) is 14.2 Å².